The monoisotopic (exact) mass is 245 g/mol. The summed E-state index contributed by atoms with van der Waals surface area (Å²) < 4.78 is 0. The molecule has 1 aliphatic heterocycles. The second-order valence-corrected chi connectivity index (χ2v) is 4.63. The van der Waals surface area contributed by atoms with Crippen LogP contribution in [-0.4, -0.2) is 38.0 Å². The van der Waals surface area contributed by atoms with Crippen LogP contribution >= 0.6 is 0 Å². The van der Waals surface area contributed by atoms with Crippen LogP contribution in [0.15, 0.2) is 24.3 Å². The highest BCUT2D eigenvalue weighted by molar-refractivity contribution is 5.99. The molecule has 0 spiro atoms. The molecule has 1 aromatic carbocycles. The van der Waals surface area contributed by atoms with Crippen LogP contribution in [0.3, 0.4) is 0 Å². The third kappa shape index (κ3) is 2.54. The largest absolute Gasteiger partial charge is 0.399 e. The fraction of sp³-hybridized carbons (Fsp3) is 0.357. The Morgan fingerprint density at radius 3 is 2.83 bits per heavy atom. The first-order valence-corrected chi connectivity index (χ1v) is 6.11. The van der Waals surface area contributed by atoms with E-state index in [4.69, 9.17) is 5.73 Å². The number of carbonyl (C=O) groups excluding carboxylic acids is 1. The van der Waals surface area contributed by atoms with E-state index in [9.17, 15) is 4.79 Å². The second kappa shape index (κ2) is 5.23. The average Bonchev–Trinajstić information content (AvgIpc) is 2.38. The first kappa shape index (κ1) is 12.6. The number of likely N-dealkylation sites (N-methyl/N-ethyl adjacent to an activating group) is 1. The van der Waals surface area contributed by atoms with Gasteiger partial charge in [0, 0.05) is 31.4 Å². The van der Waals surface area contributed by atoms with Crippen molar-refractivity contribution in [1.82, 2.24) is 10.2 Å². The Morgan fingerprint density at radius 2 is 2.22 bits per heavy atom. The summed E-state index contributed by atoms with van der Waals surface area (Å²) in [6.07, 6.45) is 3.12. The second-order valence-electron chi connectivity index (χ2n) is 4.63. The van der Waals surface area contributed by atoms with E-state index in [-0.39, 0.29) is 5.91 Å². The van der Waals surface area contributed by atoms with E-state index in [1.54, 1.807) is 19.2 Å². The van der Waals surface area contributed by atoms with Gasteiger partial charge < -0.3 is 16.0 Å². The van der Waals surface area contributed by atoms with Crippen molar-refractivity contribution in [2.45, 2.75) is 6.42 Å². The molecule has 0 unspecified atom stereocenters. The van der Waals surface area contributed by atoms with Gasteiger partial charge in [-0.15, -0.1) is 0 Å². The number of amides is 1. The zero-order valence-electron chi connectivity index (χ0n) is 10.9. The van der Waals surface area contributed by atoms with E-state index in [0.29, 0.717) is 11.3 Å². The van der Waals surface area contributed by atoms with E-state index in [2.05, 4.69) is 23.3 Å². The van der Waals surface area contributed by atoms with Gasteiger partial charge in [0.05, 0.1) is 0 Å². The molecule has 1 heterocycles. The number of nitrogen functional groups attached to an aromatic ring is 1. The van der Waals surface area contributed by atoms with Crippen molar-refractivity contribution in [3.63, 3.8) is 0 Å². The molecule has 4 nitrogen and oxygen atoms in total. The molecule has 0 fully saturated rings. The lowest BCUT2D eigenvalue weighted by atomic mass is 9.94. The highest BCUT2D eigenvalue weighted by Gasteiger charge is 2.16. The number of nitrogens with one attached hydrogen (secondary N) is 1. The Balaban J connectivity index is 2.42. The van der Waals surface area contributed by atoms with Crippen LogP contribution in [0.4, 0.5) is 5.69 Å². The van der Waals surface area contributed by atoms with E-state index < -0.39 is 0 Å². The zero-order valence-corrected chi connectivity index (χ0v) is 10.9. The molecular formula is C14H19N3O. The molecule has 3 N–H and O–H groups in total. The maximum atomic E-state index is 11.9. The van der Waals surface area contributed by atoms with Gasteiger partial charge in [0.15, 0.2) is 0 Å². The number of anilines is 1. The van der Waals surface area contributed by atoms with Crippen molar-refractivity contribution in [2.75, 3.05) is 32.9 Å². The molecule has 0 atom stereocenters. The summed E-state index contributed by atoms with van der Waals surface area (Å²) in [7, 11) is 3.73. The first-order chi connectivity index (χ1) is 8.61. The average molecular weight is 245 g/mol. The molecular weight excluding hydrogens is 226 g/mol. The molecule has 18 heavy (non-hydrogen) atoms. The van der Waals surface area contributed by atoms with Gasteiger partial charge in [-0.05, 0) is 42.8 Å². The van der Waals surface area contributed by atoms with E-state index in [1.807, 2.05) is 6.07 Å². The van der Waals surface area contributed by atoms with E-state index in [1.165, 1.54) is 5.57 Å². The molecule has 0 aromatic heterocycles. The molecule has 96 valence electrons. The maximum Gasteiger partial charge on any atom is 0.251 e. The van der Waals surface area contributed by atoms with Crippen LogP contribution in [0, 0.1) is 0 Å². The van der Waals surface area contributed by atoms with Gasteiger partial charge in [0.1, 0.15) is 0 Å². The Morgan fingerprint density at radius 1 is 1.44 bits per heavy atom. The van der Waals surface area contributed by atoms with E-state index >= 15 is 0 Å². The van der Waals surface area contributed by atoms with Gasteiger partial charge in [-0.2, -0.15) is 0 Å². The van der Waals surface area contributed by atoms with Crippen molar-refractivity contribution in [1.29, 1.82) is 0 Å². The molecule has 0 radical (unpaired) electrons. The minimum atomic E-state index is -0.0650. The minimum Gasteiger partial charge on any atom is -0.399 e. The van der Waals surface area contributed by atoms with Crippen molar-refractivity contribution >= 4 is 17.2 Å². The van der Waals surface area contributed by atoms with Crippen molar-refractivity contribution in [3.05, 3.63) is 35.4 Å². The summed E-state index contributed by atoms with van der Waals surface area (Å²) in [4.78, 5) is 14.1. The first-order valence-electron chi connectivity index (χ1n) is 6.11. The lowest BCUT2D eigenvalue weighted by Gasteiger charge is -2.23. The molecule has 1 aromatic rings. The Hall–Kier alpha value is -1.81. The van der Waals surface area contributed by atoms with Gasteiger partial charge in [0.2, 0.25) is 0 Å². The third-order valence-electron chi connectivity index (χ3n) is 3.27. The summed E-state index contributed by atoms with van der Waals surface area (Å²) in [6.45, 7) is 1.92. The number of hydrogen-bond donors (Lipinski definition) is 2. The number of benzene rings is 1. The van der Waals surface area contributed by atoms with Crippen LogP contribution in [0.5, 0.6) is 0 Å². The minimum absolute atomic E-state index is 0.0650. The molecule has 1 aliphatic rings. The predicted molar refractivity (Wildman–Crippen MR) is 74.3 cm³/mol. The number of nitrogens with two attached hydrogens (primary N) is 1. The number of rotatable bonds is 2. The van der Waals surface area contributed by atoms with E-state index in [0.717, 1.165) is 25.1 Å². The van der Waals surface area contributed by atoms with Crippen LogP contribution < -0.4 is 11.1 Å². The molecule has 0 aliphatic carbocycles. The van der Waals surface area contributed by atoms with Gasteiger partial charge in [-0.25, -0.2) is 0 Å². The summed E-state index contributed by atoms with van der Waals surface area (Å²) >= 11 is 0. The highest BCUT2D eigenvalue weighted by atomic mass is 16.1. The third-order valence-corrected chi connectivity index (χ3v) is 3.27. The Bertz CT molecular complexity index is 494. The standard InChI is InChI=1S/C14H19N3O/c1-16-14(18)12-4-3-11(15)9-13(12)10-5-7-17(2)8-6-10/h3-5,9H,6-8,15H2,1-2H3,(H,16,18). The Labute approximate surface area is 107 Å². The predicted octanol–water partition coefficient (Wildman–Crippen LogP) is 1.35. The van der Waals surface area contributed by atoms with Crippen LogP contribution in [-0.2, 0) is 0 Å². The molecule has 4 heteroatoms. The van der Waals surface area contributed by atoms with Crippen LogP contribution in [0.1, 0.15) is 22.3 Å². The van der Waals surface area contributed by atoms with Crippen molar-refractivity contribution in [2.24, 2.45) is 0 Å². The van der Waals surface area contributed by atoms with Crippen LogP contribution in [0.25, 0.3) is 5.57 Å². The molecule has 0 saturated carbocycles. The van der Waals surface area contributed by atoms with Gasteiger partial charge in [-0.3, -0.25) is 4.79 Å². The SMILES string of the molecule is CNC(=O)c1ccc(N)cc1C1=CCN(C)CC1. The van der Waals surface area contributed by atoms with Crippen LogP contribution in [0.2, 0.25) is 0 Å². The smallest absolute Gasteiger partial charge is 0.251 e. The molecule has 0 saturated heterocycles. The van der Waals surface area contributed by atoms with Gasteiger partial charge in [-0.1, -0.05) is 6.08 Å². The fourth-order valence-electron chi connectivity index (χ4n) is 2.18. The molecule has 0 bridgehead atoms. The van der Waals surface area contributed by atoms with Gasteiger partial charge >= 0.3 is 0 Å². The normalized spacial score (nSPS) is 16.2. The highest BCUT2D eigenvalue weighted by Crippen LogP contribution is 2.27. The lowest BCUT2D eigenvalue weighted by Crippen LogP contribution is -2.25. The summed E-state index contributed by atoms with van der Waals surface area (Å²) in [5, 5.41) is 2.67. The van der Waals surface area contributed by atoms with Crippen molar-refractivity contribution < 1.29 is 4.79 Å². The van der Waals surface area contributed by atoms with Gasteiger partial charge in [0.25, 0.3) is 5.91 Å². The Kier molecular flexibility index (Phi) is 3.67. The topological polar surface area (TPSA) is 58.4 Å². The summed E-state index contributed by atoms with van der Waals surface area (Å²) in [6, 6.07) is 5.45. The fourth-order valence-corrected chi connectivity index (χ4v) is 2.18. The zero-order chi connectivity index (χ0) is 13.1. The number of nitrogens with zero attached hydrogens (tertiary/aromatic N) is 1. The number of carbonyl (C=O) groups is 1. The van der Waals surface area contributed by atoms with Crippen molar-refractivity contribution in [3.8, 4) is 0 Å². The number of hydrogen-bond acceptors (Lipinski definition) is 3. The molecule has 1 amide bonds. The summed E-state index contributed by atoms with van der Waals surface area (Å²) in [5.41, 5.74) is 9.39. The quantitative estimate of drug-likeness (QED) is 0.773. The molecule has 2 rings (SSSR count). The maximum absolute atomic E-state index is 11.9. The lowest BCUT2D eigenvalue weighted by molar-refractivity contribution is 0.0963. The summed E-state index contributed by atoms with van der Waals surface area (Å²) in [5.74, 6) is -0.0650.